The molecule has 8 heteroatoms. The van der Waals surface area contributed by atoms with Gasteiger partial charge in [0.1, 0.15) is 11.2 Å². The maximum absolute atomic E-state index is 12.8. The smallest absolute Gasteiger partial charge is 0.419 e. The van der Waals surface area contributed by atoms with Crippen molar-refractivity contribution in [2.75, 3.05) is 18.4 Å². The Balaban J connectivity index is 1.40. The number of carbonyl (C=O) groups excluding carboxylic acids is 3. The summed E-state index contributed by atoms with van der Waals surface area (Å²) in [4.78, 5) is 38.9. The maximum Gasteiger partial charge on any atom is 0.419 e. The Labute approximate surface area is 219 Å². The van der Waals surface area contributed by atoms with Gasteiger partial charge in [-0.3, -0.25) is 9.36 Å². The van der Waals surface area contributed by atoms with E-state index in [1.807, 2.05) is 52.5 Å². The van der Waals surface area contributed by atoms with Crippen molar-refractivity contribution in [2.45, 2.75) is 85.4 Å². The topological polar surface area (TPSA) is 89.9 Å². The second-order valence-electron chi connectivity index (χ2n) is 12.7. The lowest BCUT2D eigenvalue weighted by atomic mass is 9.96. The third-order valence-electron chi connectivity index (χ3n) is 7.11. The number of likely N-dealkylation sites (tertiary alicyclic amines) is 1. The van der Waals surface area contributed by atoms with Gasteiger partial charge in [0.2, 0.25) is 5.91 Å². The molecule has 2 amide bonds. The predicted octanol–water partition coefficient (Wildman–Crippen LogP) is 6.21. The number of ether oxygens (including phenoxy) is 2. The molecule has 1 N–H and O–H groups in total. The molecule has 1 aliphatic carbocycles. The van der Waals surface area contributed by atoms with Gasteiger partial charge >= 0.3 is 12.2 Å². The molecule has 0 radical (unpaired) electrons. The lowest BCUT2D eigenvalue weighted by Crippen LogP contribution is -2.36. The molecule has 8 nitrogen and oxygen atoms in total. The Bertz CT molecular complexity index is 1170. The molecule has 0 spiro atoms. The summed E-state index contributed by atoms with van der Waals surface area (Å²) in [6, 6.07) is 6.06. The SMILES string of the molecule is CC(=O)Nc1cn(C(=O)OC(C)(C)C)c2ccc(CCC3C[C@@H]4CN(C(=O)OC(C)(C)C)C[C@@H]4C3)cc12. The van der Waals surface area contributed by atoms with Crippen molar-refractivity contribution < 1.29 is 23.9 Å². The fourth-order valence-corrected chi connectivity index (χ4v) is 5.69. The number of anilines is 1. The largest absolute Gasteiger partial charge is 0.444 e. The first-order chi connectivity index (χ1) is 17.2. The minimum atomic E-state index is -0.620. The van der Waals surface area contributed by atoms with Crippen molar-refractivity contribution in [1.29, 1.82) is 0 Å². The summed E-state index contributed by atoms with van der Waals surface area (Å²) in [5.41, 5.74) is 1.40. The van der Waals surface area contributed by atoms with Crippen LogP contribution in [0.15, 0.2) is 24.4 Å². The van der Waals surface area contributed by atoms with E-state index in [1.165, 1.54) is 17.1 Å². The Kier molecular flexibility index (Phi) is 7.32. The second-order valence-corrected chi connectivity index (χ2v) is 12.7. The molecule has 1 aliphatic heterocycles. The van der Waals surface area contributed by atoms with E-state index in [0.717, 1.165) is 44.2 Å². The highest BCUT2D eigenvalue weighted by Gasteiger charge is 2.43. The van der Waals surface area contributed by atoms with E-state index in [9.17, 15) is 14.4 Å². The van der Waals surface area contributed by atoms with E-state index >= 15 is 0 Å². The van der Waals surface area contributed by atoms with Crippen molar-refractivity contribution in [2.24, 2.45) is 17.8 Å². The number of fused-ring (bicyclic) bond motifs is 2. The first kappa shape index (κ1) is 27.0. The number of amides is 2. The molecule has 4 rings (SSSR count). The van der Waals surface area contributed by atoms with Crippen molar-refractivity contribution in [3.05, 3.63) is 30.0 Å². The van der Waals surface area contributed by atoms with Gasteiger partial charge in [-0.25, -0.2) is 9.59 Å². The summed E-state index contributed by atoms with van der Waals surface area (Å²) in [5.74, 6) is 1.54. The van der Waals surface area contributed by atoms with Gasteiger partial charge in [-0.1, -0.05) is 6.07 Å². The Morgan fingerprint density at radius 2 is 1.54 bits per heavy atom. The zero-order valence-corrected chi connectivity index (χ0v) is 23.2. The highest BCUT2D eigenvalue weighted by molar-refractivity contribution is 6.04. The van der Waals surface area contributed by atoms with Crippen LogP contribution in [0.5, 0.6) is 0 Å². The number of nitrogens with one attached hydrogen (secondary N) is 1. The van der Waals surface area contributed by atoms with Crippen LogP contribution in [0, 0.1) is 17.8 Å². The molecular weight excluding hydrogens is 470 g/mol. The van der Waals surface area contributed by atoms with Gasteiger partial charge in [0.05, 0.1) is 11.2 Å². The van der Waals surface area contributed by atoms with E-state index in [4.69, 9.17) is 9.47 Å². The summed E-state index contributed by atoms with van der Waals surface area (Å²) < 4.78 is 12.6. The Morgan fingerprint density at radius 3 is 2.11 bits per heavy atom. The van der Waals surface area contributed by atoms with E-state index in [1.54, 1.807) is 6.20 Å². The molecule has 1 saturated carbocycles. The second kappa shape index (κ2) is 10.0. The quantitative estimate of drug-likeness (QED) is 0.527. The molecule has 202 valence electrons. The van der Waals surface area contributed by atoms with Gasteiger partial charge in [-0.05, 0) is 103 Å². The van der Waals surface area contributed by atoms with Crippen LogP contribution in [0.4, 0.5) is 15.3 Å². The molecule has 37 heavy (non-hydrogen) atoms. The molecule has 3 atom stereocenters. The van der Waals surface area contributed by atoms with Crippen molar-refractivity contribution >= 4 is 34.7 Å². The first-order valence-corrected chi connectivity index (χ1v) is 13.3. The first-order valence-electron chi connectivity index (χ1n) is 13.3. The van der Waals surface area contributed by atoms with Crippen LogP contribution < -0.4 is 5.32 Å². The van der Waals surface area contributed by atoms with Gasteiger partial charge in [-0.2, -0.15) is 0 Å². The number of hydrogen-bond donors (Lipinski definition) is 1. The summed E-state index contributed by atoms with van der Waals surface area (Å²) in [6.45, 7) is 14.2. The van der Waals surface area contributed by atoms with Crippen LogP contribution in [0.3, 0.4) is 0 Å². The summed E-state index contributed by atoms with van der Waals surface area (Å²) >= 11 is 0. The minimum absolute atomic E-state index is 0.188. The molecule has 1 unspecified atom stereocenters. The van der Waals surface area contributed by atoms with Crippen LogP contribution in [-0.4, -0.2) is 51.9 Å². The predicted molar refractivity (Wildman–Crippen MR) is 144 cm³/mol. The molecule has 1 aromatic carbocycles. The average molecular weight is 512 g/mol. The fraction of sp³-hybridized carbons (Fsp3) is 0.621. The van der Waals surface area contributed by atoms with Crippen LogP contribution >= 0.6 is 0 Å². The Morgan fingerprint density at radius 1 is 0.946 bits per heavy atom. The fourth-order valence-electron chi connectivity index (χ4n) is 5.69. The monoisotopic (exact) mass is 511 g/mol. The van der Waals surface area contributed by atoms with Crippen molar-refractivity contribution in [3.8, 4) is 0 Å². The Hall–Kier alpha value is -3.03. The normalized spacial score (nSPS) is 21.7. The minimum Gasteiger partial charge on any atom is -0.444 e. The number of aromatic nitrogens is 1. The molecule has 2 heterocycles. The molecule has 2 aromatic rings. The van der Waals surface area contributed by atoms with Crippen LogP contribution in [-0.2, 0) is 20.7 Å². The van der Waals surface area contributed by atoms with E-state index in [-0.39, 0.29) is 12.0 Å². The lowest BCUT2D eigenvalue weighted by molar-refractivity contribution is -0.114. The lowest BCUT2D eigenvalue weighted by Gasteiger charge is -2.25. The standard InChI is InChI=1S/C29H41N3O5/c1-18(33)30-24-17-32(27(35)37-29(5,6)7)25-11-10-19(14-23(24)25)8-9-20-12-21-15-31(16-22(21)13-20)26(34)36-28(2,3)4/h10-11,14,17,20-22H,8-9,12-13,15-16H2,1-7H3,(H,30,33)/t20?,21-,22+. The average Bonchev–Trinajstić information content (AvgIpc) is 3.41. The number of rotatable bonds is 4. The third-order valence-corrected chi connectivity index (χ3v) is 7.11. The summed E-state index contributed by atoms with van der Waals surface area (Å²) in [6.07, 6.45) is 5.25. The van der Waals surface area contributed by atoms with Gasteiger partial charge in [0.25, 0.3) is 0 Å². The van der Waals surface area contributed by atoms with Crippen molar-refractivity contribution in [3.63, 3.8) is 0 Å². The van der Waals surface area contributed by atoms with Crippen molar-refractivity contribution in [1.82, 2.24) is 9.47 Å². The van der Waals surface area contributed by atoms with Gasteiger partial charge in [0.15, 0.2) is 0 Å². The van der Waals surface area contributed by atoms with E-state index < -0.39 is 17.3 Å². The zero-order valence-electron chi connectivity index (χ0n) is 23.2. The highest BCUT2D eigenvalue weighted by Crippen LogP contribution is 2.43. The number of carbonyl (C=O) groups is 3. The van der Waals surface area contributed by atoms with Gasteiger partial charge in [-0.15, -0.1) is 0 Å². The molecular formula is C29H41N3O5. The molecule has 0 bridgehead atoms. The maximum atomic E-state index is 12.8. The number of aryl methyl sites for hydroxylation is 1. The molecule has 1 aromatic heterocycles. The molecule has 1 saturated heterocycles. The highest BCUT2D eigenvalue weighted by atomic mass is 16.6. The van der Waals surface area contributed by atoms with Crippen LogP contribution in [0.25, 0.3) is 10.9 Å². The number of benzene rings is 1. The molecule has 2 fully saturated rings. The third kappa shape index (κ3) is 6.65. The zero-order chi connectivity index (χ0) is 27.1. The van der Waals surface area contributed by atoms with Gasteiger partial charge in [0, 0.05) is 31.6 Å². The number of hydrogen-bond acceptors (Lipinski definition) is 5. The van der Waals surface area contributed by atoms with E-state index in [0.29, 0.717) is 29.0 Å². The number of nitrogens with zero attached hydrogens (tertiary/aromatic N) is 2. The molecule has 2 aliphatic rings. The van der Waals surface area contributed by atoms with Crippen LogP contribution in [0.1, 0.15) is 73.3 Å². The van der Waals surface area contributed by atoms with Crippen LogP contribution in [0.2, 0.25) is 0 Å². The van der Waals surface area contributed by atoms with E-state index in [2.05, 4.69) is 17.4 Å². The summed E-state index contributed by atoms with van der Waals surface area (Å²) in [5, 5.41) is 3.68. The van der Waals surface area contributed by atoms with Gasteiger partial charge < -0.3 is 19.7 Å². The summed E-state index contributed by atoms with van der Waals surface area (Å²) in [7, 11) is 0.